The average molecular weight is 265 g/mol. The maximum atomic E-state index is 11.7. The van der Waals surface area contributed by atoms with Gasteiger partial charge in [-0.1, -0.05) is 13.8 Å². The van der Waals surface area contributed by atoms with Crippen LogP contribution in [0.15, 0.2) is 18.2 Å². The summed E-state index contributed by atoms with van der Waals surface area (Å²) < 4.78 is 5.25. The molecule has 1 aromatic rings. The summed E-state index contributed by atoms with van der Waals surface area (Å²) in [4.78, 5) is 22.4. The zero-order chi connectivity index (χ0) is 14.6. The predicted molar refractivity (Wildman–Crippen MR) is 72.5 cm³/mol. The quantitative estimate of drug-likeness (QED) is 0.802. The van der Waals surface area contributed by atoms with E-state index in [2.05, 4.69) is 5.32 Å². The summed E-state index contributed by atoms with van der Waals surface area (Å²) >= 11 is 0. The molecule has 0 bridgehead atoms. The van der Waals surface area contributed by atoms with Crippen LogP contribution in [0.3, 0.4) is 0 Å². The Kier molecular flexibility index (Phi) is 4.92. The van der Waals surface area contributed by atoms with Gasteiger partial charge >= 0.3 is 5.97 Å². The van der Waals surface area contributed by atoms with E-state index >= 15 is 0 Å². The fraction of sp³-hybridized carbons (Fsp3) is 0.429. The molecular formula is C14H19NO4. The van der Waals surface area contributed by atoms with Crippen molar-refractivity contribution in [1.82, 2.24) is 0 Å². The van der Waals surface area contributed by atoms with Gasteiger partial charge in [0, 0.05) is 5.69 Å². The van der Waals surface area contributed by atoms with Gasteiger partial charge in [-0.05, 0) is 36.6 Å². The Bertz CT molecular complexity index is 482. The van der Waals surface area contributed by atoms with Gasteiger partial charge in [0.1, 0.15) is 11.7 Å². The lowest BCUT2D eigenvalue weighted by atomic mass is 10.0. The smallest absolute Gasteiger partial charge is 0.315 e. The topological polar surface area (TPSA) is 75.6 Å². The number of carboxylic acids is 1. The maximum Gasteiger partial charge on any atom is 0.315 e. The van der Waals surface area contributed by atoms with Crippen molar-refractivity contribution in [3.8, 4) is 5.75 Å². The van der Waals surface area contributed by atoms with Gasteiger partial charge in [-0.25, -0.2) is 0 Å². The summed E-state index contributed by atoms with van der Waals surface area (Å²) in [6, 6.07) is 5.25. The number of carbonyl (C=O) groups excluding carboxylic acids is 1. The molecule has 104 valence electrons. The van der Waals surface area contributed by atoms with Crippen LogP contribution in [0.1, 0.15) is 32.3 Å². The standard InChI is InChI=1S/C14H19NO4/c1-8(2)11-7-10(5-6-12(11)19-4)15-13(16)9(3)14(17)18/h5-9H,1-4H3,(H,15,16)(H,17,18). The van der Waals surface area contributed by atoms with E-state index in [9.17, 15) is 9.59 Å². The number of methoxy groups -OCH3 is 1. The number of rotatable bonds is 5. The molecule has 1 rings (SSSR count). The number of nitrogens with one attached hydrogen (secondary N) is 1. The lowest BCUT2D eigenvalue weighted by Gasteiger charge is -2.14. The second-order valence-electron chi connectivity index (χ2n) is 4.66. The Morgan fingerprint density at radius 1 is 1.26 bits per heavy atom. The van der Waals surface area contributed by atoms with E-state index in [1.807, 2.05) is 13.8 Å². The molecule has 1 aromatic carbocycles. The molecule has 1 amide bonds. The molecule has 19 heavy (non-hydrogen) atoms. The molecule has 0 radical (unpaired) electrons. The Morgan fingerprint density at radius 2 is 1.89 bits per heavy atom. The monoisotopic (exact) mass is 265 g/mol. The van der Waals surface area contributed by atoms with Gasteiger partial charge in [0.15, 0.2) is 0 Å². The van der Waals surface area contributed by atoms with Crippen LogP contribution in [0.4, 0.5) is 5.69 Å². The zero-order valence-electron chi connectivity index (χ0n) is 11.6. The minimum atomic E-state index is -1.14. The normalized spacial score (nSPS) is 12.1. The highest BCUT2D eigenvalue weighted by atomic mass is 16.5. The summed E-state index contributed by atoms with van der Waals surface area (Å²) in [5.74, 6) is -1.77. The summed E-state index contributed by atoms with van der Waals surface area (Å²) in [5, 5.41) is 11.4. The van der Waals surface area contributed by atoms with Gasteiger partial charge < -0.3 is 15.2 Å². The highest BCUT2D eigenvalue weighted by molar-refractivity contribution is 6.03. The molecule has 0 aliphatic rings. The molecule has 2 N–H and O–H groups in total. The number of aliphatic carboxylic acids is 1. The molecule has 1 atom stereocenters. The van der Waals surface area contributed by atoms with Crippen molar-refractivity contribution in [3.63, 3.8) is 0 Å². The van der Waals surface area contributed by atoms with Crippen LogP contribution in [0.2, 0.25) is 0 Å². The van der Waals surface area contributed by atoms with E-state index in [1.54, 1.807) is 25.3 Å². The third-order valence-electron chi connectivity index (χ3n) is 2.88. The van der Waals surface area contributed by atoms with Gasteiger partial charge in [0.05, 0.1) is 7.11 Å². The molecule has 1 unspecified atom stereocenters. The highest BCUT2D eigenvalue weighted by Gasteiger charge is 2.20. The number of hydrogen-bond acceptors (Lipinski definition) is 3. The largest absolute Gasteiger partial charge is 0.496 e. The lowest BCUT2D eigenvalue weighted by molar-refractivity contribution is -0.144. The summed E-state index contributed by atoms with van der Waals surface area (Å²) in [7, 11) is 1.59. The molecule has 0 aliphatic carbocycles. The number of amides is 1. The van der Waals surface area contributed by atoms with E-state index in [4.69, 9.17) is 9.84 Å². The van der Waals surface area contributed by atoms with Crippen molar-refractivity contribution in [2.24, 2.45) is 5.92 Å². The van der Waals surface area contributed by atoms with Crippen molar-refractivity contribution in [1.29, 1.82) is 0 Å². The van der Waals surface area contributed by atoms with Crippen LogP contribution in [0.25, 0.3) is 0 Å². The molecule has 5 heteroatoms. The molecule has 0 aromatic heterocycles. The molecule has 0 heterocycles. The summed E-state index contributed by atoms with van der Waals surface area (Å²) in [5.41, 5.74) is 1.53. The first-order valence-corrected chi connectivity index (χ1v) is 6.08. The highest BCUT2D eigenvalue weighted by Crippen LogP contribution is 2.29. The van der Waals surface area contributed by atoms with Gasteiger partial charge in [0.25, 0.3) is 0 Å². The number of hydrogen-bond donors (Lipinski definition) is 2. The van der Waals surface area contributed by atoms with Crippen LogP contribution in [0, 0.1) is 5.92 Å². The third-order valence-corrected chi connectivity index (χ3v) is 2.88. The van der Waals surface area contributed by atoms with Crippen LogP contribution in [-0.2, 0) is 9.59 Å². The van der Waals surface area contributed by atoms with Crippen molar-refractivity contribution >= 4 is 17.6 Å². The molecular weight excluding hydrogens is 246 g/mol. The fourth-order valence-electron chi connectivity index (χ4n) is 1.63. The number of ether oxygens (including phenoxy) is 1. The molecule has 0 saturated carbocycles. The van der Waals surface area contributed by atoms with Gasteiger partial charge in [-0.15, -0.1) is 0 Å². The summed E-state index contributed by atoms with van der Waals surface area (Å²) in [6.45, 7) is 5.39. The van der Waals surface area contributed by atoms with Gasteiger partial charge in [0.2, 0.25) is 5.91 Å². The SMILES string of the molecule is COc1ccc(NC(=O)C(C)C(=O)O)cc1C(C)C. The maximum absolute atomic E-state index is 11.7. The number of benzene rings is 1. The first-order chi connectivity index (χ1) is 8.86. The zero-order valence-corrected chi connectivity index (χ0v) is 11.6. The van der Waals surface area contributed by atoms with Gasteiger partial charge in [-0.3, -0.25) is 9.59 Å². The van der Waals surface area contributed by atoms with E-state index in [0.29, 0.717) is 5.69 Å². The average Bonchev–Trinajstić information content (AvgIpc) is 2.37. The van der Waals surface area contributed by atoms with E-state index < -0.39 is 17.8 Å². The van der Waals surface area contributed by atoms with Crippen LogP contribution >= 0.6 is 0 Å². The van der Waals surface area contributed by atoms with Gasteiger partial charge in [-0.2, -0.15) is 0 Å². The minimum absolute atomic E-state index is 0.240. The van der Waals surface area contributed by atoms with E-state index in [-0.39, 0.29) is 5.92 Å². The Balaban J connectivity index is 2.94. The molecule has 0 spiro atoms. The molecule has 0 aliphatic heterocycles. The van der Waals surface area contributed by atoms with Crippen molar-refractivity contribution in [2.75, 3.05) is 12.4 Å². The molecule has 0 fully saturated rings. The first-order valence-electron chi connectivity index (χ1n) is 6.08. The van der Waals surface area contributed by atoms with Crippen molar-refractivity contribution < 1.29 is 19.4 Å². The number of anilines is 1. The third kappa shape index (κ3) is 3.71. The predicted octanol–water partition coefficient (Wildman–Crippen LogP) is 2.48. The second kappa shape index (κ2) is 6.22. The van der Waals surface area contributed by atoms with Crippen molar-refractivity contribution in [3.05, 3.63) is 23.8 Å². The molecule has 0 saturated heterocycles. The van der Waals surface area contributed by atoms with Crippen LogP contribution < -0.4 is 10.1 Å². The Hall–Kier alpha value is -2.04. The lowest BCUT2D eigenvalue weighted by Crippen LogP contribution is -2.26. The number of carboxylic acid groups (broad SMARTS) is 1. The first kappa shape index (κ1) is 15.0. The van der Waals surface area contributed by atoms with E-state index in [1.165, 1.54) is 6.92 Å². The van der Waals surface area contributed by atoms with Crippen LogP contribution in [-0.4, -0.2) is 24.1 Å². The minimum Gasteiger partial charge on any atom is -0.496 e. The Morgan fingerprint density at radius 3 is 2.37 bits per heavy atom. The Labute approximate surface area is 112 Å². The van der Waals surface area contributed by atoms with Crippen molar-refractivity contribution in [2.45, 2.75) is 26.7 Å². The molecule has 5 nitrogen and oxygen atoms in total. The fourth-order valence-corrected chi connectivity index (χ4v) is 1.63. The van der Waals surface area contributed by atoms with E-state index in [0.717, 1.165) is 11.3 Å². The number of carbonyl (C=O) groups is 2. The summed E-state index contributed by atoms with van der Waals surface area (Å²) in [6.07, 6.45) is 0. The van der Waals surface area contributed by atoms with Crippen LogP contribution in [0.5, 0.6) is 5.75 Å². The second-order valence-corrected chi connectivity index (χ2v) is 4.66.